The summed E-state index contributed by atoms with van der Waals surface area (Å²) in [5.74, 6) is -2.54. The van der Waals surface area contributed by atoms with Crippen molar-refractivity contribution < 1.29 is 29.1 Å². The maximum Gasteiger partial charge on any atom is 0.339 e. The summed E-state index contributed by atoms with van der Waals surface area (Å²) in [6.07, 6.45) is 0.559. The lowest BCUT2D eigenvalue weighted by molar-refractivity contribution is -0.164. The summed E-state index contributed by atoms with van der Waals surface area (Å²) in [6, 6.07) is 3.67. The summed E-state index contributed by atoms with van der Waals surface area (Å²) in [6.45, 7) is 0. The largest absolute Gasteiger partial charge is 0.478 e. The first-order chi connectivity index (χ1) is 9.02. The van der Waals surface area contributed by atoms with Gasteiger partial charge in [0.25, 0.3) is 11.8 Å². The van der Waals surface area contributed by atoms with Crippen LogP contribution in [-0.4, -0.2) is 34.2 Å². The Kier molecular flexibility index (Phi) is 3.28. The highest BCUT2D eigenvalue weighted by Crippen LogP contribution is 2.23. The SMILES string of the molecule is O=Cc1ccc(ON2C(=O)CCC2=O)c(C(=O)O)c1. The second-order valence-electron chi connectivity index (χ2n) is 3.85. The van der Waals surface area contributed by atoms with Crippen molar-refractivity contribution in [3.63, 3.8) is 0 Å². The smallest absolute Gasteiger partial charge is 0.339 e. The number of rotatable bonds is 4. The number of hydrogen-bond donors (Lipinski definition) is 1. The number of benzene rings is 1. The van der Waals surface area contributed by atoms with Gasteiger partial charge in [0.05, 0.1) is 0 Å². The number of hydrogen-bond acceptors (Lipinski definition) is 5. The van der Waals surface area contributed by atoms with Gasteiger partial charge in [-0.1, -0.05) is 0 Å². The molecule has 0 aliphatic carbocycles. The molecule has 0 aromatic heterocycles. The van der Waals surface area contributed by atoms with Gasteiger partial charge in [0.15, 0.2) is 5.75 Å². The molecule has 1 fully saturated rings. The molecule has 0 unspecified atom stereocenters. The van der Waals surface area contributed by atoms with Gasteiger partial charge in [-0.3, -0.25) is 14.4 Å². The molecule has 98 valence electrons. The number of aromatic carboxylic acids is 1. The lowest BCUT2D eigenvalue weighted by Crippen LogP contribution is -2.33. The number of carboxylic acids is 1. The van der Waals surface area contributed by atoms with E-state index in [0.29, 0.717) is 11.3 Å². The minimum Gasteiger partial charge on any atom is -0.478 e. The number of hydroxylamine groups is 2. The molecule has 1 aliphatic heterocycles. The predicted molar refractivity (Wildman–Crippen MR) is 60.5 cm³/mol. The molecule has 0 bridgehead atoms. The molecule has 0 atom stereocenters. The third kappa shape index (κ3) is 2.44. The molecular weight excluding hydrogens is 254 g/mol. The first kappa shape index (κ1) is 12.7. The van der Waals surface area contributed by atoms with E-state index in [1.807, 2.05) is 0 Å². The van der Waals surface area contributed by atoms with Crippen LogP contribution in [0.3, 0.4) is 0 Å². The van der Waals surface area contributed by atoms with Crippen LogP contribution in [0.1, 0.15) is 33.6 Å². The zero-order valence-electron chi connectivity index (χ0n) is 9.66. The second kappa shape index (κ2) is 4.89. The molecule has 1 aromatic rings. The van der Waals surface area contributed by atoms with Gasteiger partial charge < -0.3 is 9.94 Å². The number of carbonyl (C=O) groups is 4. The van der Waals surface area contributed by atoms with E-state index < -0.39 is 17.8 Å². The normalized spacial score (nSPS) is 14.6. The lowest BCUT2D eigenvalue weighted by atomic mass is 10.1. The number of imide groups is 1. The molecule has 1 heterocycles. The summed E-state index contributed by atoms with van der Waals surface area (Å²) in [5.41, 5.74) is -0.138. The van der Waals surface area contributed by atoms with E-state index in [4.69, 9.17) is 9.94 Å². The van der Waals surface area contributed by atoms with Crippen LogP contribution in [0.4, 0.5) is 0 Å². The summed E-state index contributed by atoms with van der Waals surface area (Å²) in [5, 5.41) is 9.55. The number of carboxylic acid groups (broad SMARTS) is 1. The molecule has 1 saturated heterocycles. The van der Waals surface area contributed by atoms with Crippen LogP contribution in [0.2, 0.25) is 0 Å². The van der Waals surface area contributed by atoms with Gasteiger partial charge in [-0.2, -0.15) is 0 Å². The van der Waals surface area contributed by atoms with Gasteiger partial charge in [-0.15, -0.1) is 5.06 Å². The first-order valence-electron chi connectivity index (χ1n) is 5.39. The number of nitrogens with zero attached hydrogens (tertiary/aromatic N) is 1. The van der Waals surface area contributed by atoms with Gasteiger partial charge in [-0.25, -0.2) is 4.79 Å². The highest BCUT2D eigenvalue weighted by atomic mass is 16.7. The fraction of sp³-hybridized carbons (Fsp3) is 0.167. The maximum absolute atomic E-state index is 11.4. The van der Waals surface area contributed by atoms with Crippen LogP contribution in [0.25, 0.3) is 0 Å². The van der Waals surface area contributed by atoms with Gasteiger partial charge in [0.2, 0.25) is 0 Å². The average Bonchev–Trinajstić information content (AvgIpc) is 2.70. The molecular formula is C12H9NO6. The van der Waals surface area contributed by atoms with Crippen LogP contribution >= 0.6 is 0 Å². The molecule has 7 nitrogen and oxygen atoms in total. The van der Waals surface area contributed by atoms with Crippen LogP contribution in [0.5, 0.6) is 5.75 Å². The Hall–Kier alpha value is -2.70. The van der Waals surface area contributed by atoms with Crippen molar-refractivity contribution in [1.29, 1.82) is 0 Å². The Bertz CT molecular complexity index is 564. The lowest BCUT2D eigenvalue weighted by Gasteiger charge is -2.15. The maximum atomic E-state index is 11.4. The van der Waals surface area contributed by atoms with E-state index in [9.17, 15) is 19.2 Å². The van der Waals surface area contributed by atoms with Crippen molar-refractivity contribution in [3.05, 3.63) is 29.3 Å². The number of amides is 2. The molecule has 0 spiro atoms. The molecule has 2 rings (SSSR count). The van der Waals surface area contributed by atoms with Crippen LogP contribution in [-0.2, 0) is 9.59 Å². The Morgan fingerprint density at radius 2 is 1.89 bits per heavy atom. The van der Waals surface area contributed by atoms with Crippen molar-refractivity contribution >= 4 is 24.1 Å². The fourth-order valence-corrected chi connectivity index (χ4v) is 1.62. The summed E-state index contributed by atoms with van der Waals surface area (Å²) < 4.78 is 0. The fourth-order valence-electron chi connectivity index (χ4n) is 1.62. The van der Waals surface area contributed by atoms with Gasteiger partial charge >= 0.3 is 5.97 Å². The molecule has 1 aromatic carbocycles. The quantitative estimate of drug-likeness (QED) is 0.631. The van der Waals surface area contributed by atoms with E-state index in [0.717, 1.165) is 6.07 Å². The van der Waals surface area contributed by atoms with Crippen molar-refractivity contribution in [2.75, 3.05) is 0 Å². The second-order valence-corrected chi connectivity index (χ2v) is 3.85. The number of carbonyl (C=O) groups excluding carboxylic acids is 3. The molecule has 1 aliphatic rings. The third-order valence-electron chi connectivity index (χ3n) is 2.57. The third-order valence-corrected chi connectivity index (χ3v) is 2.57. The predicted octanol–water partition coefficient (Wildman–Crippen LogP) is 0.640. The molecule has 7 heteroatoms. The van der Waals surface area contributed by atoms with Gasteiger partial charge in [-0.05, 0) is 18.2 Å². The van der Waals surface area contributed by atoms with Crippen LogP contribution in [0, 0.1) is 0 Å². The standard InChI is InChI=1S/C12H9NO6/c14-6-7-1-2-9(8(5-7)12(17)18)19-13-10(15)3-4-11(13)16/h1-2,5-6H,3-4H2,(H,17,18). The van der Waals surface area contributed by atoms with Crippen molar-refractivity contribution in [1.82, 2.24) is 5.06 Å². The number of aldehydes is 1. The summed E-state index contributed by atoms with van der Waals surface area (Å²) in [4.78, 5) is 49.4. The Morgan fingerprint density at radius 1 is 1.26 bits per heavy atom. The van der Waals surface area contributed by atoms with Gasteiger partial charge in [0, 0.05) is 18.4 Å². The van der Waals surface area contributed by atoms with Crippen molar-refractivity contribution in [2.45, 2.75) is 12.8 Å². The zero-order valence-corrected chi connectivity index (χ0v) is 9.66. The topological polar surface area (TPSA) is 101 Å². The van der Waals surface area contributed by atoms with E-state index >= 15 is 0 Å². The molecule has 0 saturated carbocycles. The molecule has 0 radical (unpaired) electrons. The molecule has 2 amide bonds. The highest BCUT2D eigenvalue weighted by molar-refractivity contribution is 6.01. The van der Waals surface area contributed by atoms with E-state index in [-0.39, 0.29) is 29.7 Å². The summed E-state index contributed by atoms with van der Waals surface area (Å²) >= 11 is 0. The van der Waals surface area contributed by atoms with Crippen molar-refractivity contribution in [2.24, 2.45) is 0 Å². The van der Waals surface area contributed by atoms with Crippen molar-refractivity contribution in [3.8, 4) is 5.75 Å². The van der Waals surface area contributed by atoms with E-state index in [1.54, 1.807) is 0 Å². The van der Waals surface area contributed by atoms with Crippen LogP contribution < -0.4 is 4.84 Å². The monoisotopic (exact) mass is 263 g/mol. The first-order valence-corrected chi connectivity index (χ1v) is 5.39. The minimum atomic E-state index is -1.32. The summed E-state index contributed by atoms with van der Waals surface area (Å²) in [7, 11) is 0. The highest BCUT2D eigenvalue weighted by Gasteiger charge is 2.32. The van der Waals surface area contributed by atoms with E-state index in [1.165, 1.54) is 12.1 Å². The van der Waals surface area contributed by atoms with Gasteiger partial charge in [0.1, 0.15) is 11.8 Å². The average molecular weight is 263 g/mol. The Balaban J connectivity index is 2.34. The molecule has 1 N–H and O–H groups in total. The minimum absolute atomic E-state index is 0.0354. The van der Waals surface area contributed by atoms with Crippen LogP contribution in [0.15, 0.2) is 18.2 Å². The van der Waals surface area contributed by atoms with E-state index in [2.05, 4.69) is 0 Å². The zero-order chi connectivity index (χ0) is 14.0. The molecule has 19 heavy (non-hydrogen) atoms. The Morgan fingerprint density at radius 3 is 2.42 bits per heavy atom. The Labute approximate surface area is 107 Å².